The molecule has 4 heterocycles. The number of likely N-dealkylation sites (tertiary alicyclic amines) is 1. The number of pyridine rings is 1. The average Bonchev–Trinajstić information content (AvgIpc) is 3.66. The fourth-order valence-electron chi connectivity index (χ4n) is 6.19. The van der Waals surface area contributed by atoms with Gasteiger partial charge in [-0.15, -0.1) is 0 Å². The lowest BCUT2D eigenvalue weighted by Crippen LogP contribution is -2.40. The molecule has 208 valence electrons. The van der Waals surface area contributed by atoms with Gasteiger partial charge in [-0.1, -0.05) is 18.2 Å². The summed E-state index contributed by atoms with van der Waals surface area (Å²) >= 11 is 0. The Morgan fingerprint density at radius 2 is 2.10 bits per heavy atom. The van der Waals surface area contributed by atoms with Crippen LogP contribution in [0.15, 0.2) is 36.5 Å². The number of carbonyl (C=O) groups is 1. The second-order valence-electron chi connectivity index (χ2n) is 11.6. The topological polar surface area (TPSA) is 92.5 Å². The maximum absolute atomic E-state index is 12.3. The molecule has 3 aromatic rings. The van der Waals surface area contributed by atoms with Crippen LogP contribution >= 0.6 is 0 Å². The molecule has 8 nitrogen and oxygen atoms in total. The third kappa shape index (κ3) is 6.61. The third-order valence-electron chi connectivity index (χ3n) is 8.53. The van der Waals surface area contributed by atoms with Crippen molar-refractivity contribution < 1.29 is 14.6 Å². The van der Waals surface area contributed by atoms with Crippen molar-refractivity contribution in [3.8, 4) is 0 Å². The number of aromatic nitrogens is 3. The first-order chi connectivity index (χ1) is 19.1. The van der Waals surface area contributed by atoms with Gasteiger partial charge in [-0.25, -0.2) is 4.98 Å². The molecule has 0 unspecified atom stereocenters. The fourth-order valence-corrected chi connectivity index (χ4v) is 6.19. The molecule has 39 heavy (non-hydrogen) atoms. The molecule has 0 bridgehead atoms. The largest absolute Gasteiger partial charge is 0.481 e. The molecule has 8 heteroatoms. The molecule has 0 amide bonds. The van der Waals surface area contributed by atoms with Crippen LogP contribution in [0.3, 0.4) is 0 Å². The lowest BCUT2D eigenvalue weighted by Gasteiger charge is -2.32. The average molecular weight is 532 g/mol. The van der Waals surface area contributed by atoms with E-state index >= 15 is 0 Å². The number of fused-ring (bicyclic) bond motifs is 2. The SMILES string of the molecule is O=C(O)[C@@H](CCO[C@@H]1CCCN(CCCc2ccc3c(n2)NCCC3)C1)c1cccc2nn(CC3CC3)cc12. The second-order valence-corrected chi connectivity index (χ2v) is 11.6. The molecule has 1 saturated heterocycles. The van der Waals surface area contributed by atoms with Crippen molar-refractivity contribution in [1.29, 1.82) is 0 Å². The summed E-state index contributed by atoms with van der Waals surface area (Å²) in [5.74, 6) is 0.412. The van der Waals surface area contributed by atoms with Gasteiger partial charge in [0.1, 0.15) is 5.82 Å². The molecule has 1 saturated carbocycles. The lowest BCUT2D eigenvalue weighted by atomic mass is 9.93. The summed E-state index contributed by atoms with van der Waals surface area (Å²) in [6.45, 7) is 5.45. The van der Waals surface area contributed by atoms with Crippen LogP contribution < -0.4 is 5.32 Å². The number of benzene rings is 1. The van der Waals surface area contributed by atoms with Crippen molar-refractivity contribution in [2.24, 2.45) is 5.92 Å². The fraction of sp³-hybridized carbons (Fsp3) is 0.581. The summed E-state index contributed by atoms with van der Waals surface area (Å²) in [4.78, 5) is 19.6. The molecular formula is C31H41N5O3. The highest BCUT2D eigenvalue weighted by molar-refractivity contribution is 5.88. The lowest BCUT2D eigenvalue weighted by molar-refractivity contribution is -0.139. The van der Waals surface area contributed by atoms with Crippen LogP contribution in [0, 0.1) is 5.92 Å². The Kier molecular flexibility index (Phi) is 8.11. The van der Waals surface area contributed by atoms with E-state index in [1.807, 2.05) is 29.1 Å². The summed E-state index contributed by atoms with van der Waals surface area (Å²) in [5.41, 5.74) is 4.24. The number of rotatable bonds is 12. The molecule has 6 rings (SSSR count). The highest BCUT2D eigenvalue weighted by Crippen LogP contribution is 2.32. The van der Waals surface area contributed by atoms with E-state index in [0.717, 1.165) is 93.0 Å². The van der Waals surface area contributed by atoms with E-state index < -0.39 is 11.9 Å². The van der Waals surface area contributed by atoms with Crippen LogP contribution in [0.4, 0.5) is 5.82 Å². The highest BCUT2D eigenvalue weighted by Gasteiger charge is 2.26. The van der Waals surface area contributed by atoms with Crippen molar-refractivity contribution in [2.45, 2.75) is 76.4 Å². The quantitative estimate of drug-likeness (QED) is 0.344. The first kappa shape index (κ1) is 26.3. The Morgan fingerprint density at radius 3 is 2.97 bits per heavy atom. The van der Waals surface area contributed by atoms with Crippen molar-refractivity contribution >= 4 is 22.7 Å². The van der Waals surface area contributed by atoms with E-state index in [1.54, 1.807) is 0 Å². The maximum Gasteiger partial charge on any atom is 0.311 e. The molecular weight excluding hydrogens is 490 g/mol. The summed E-state index contributed by atoms with van der Waals surface area (Å²) < 4.78 is 8.27. The molecule has 2 aromatic heterocycles. The summed E-state index contributed by atoms with van der Waals surface area (Å²) in [6, 6.07) is 10.3. The summed E-state index contributed by atoms with van der Waals surface area (Å²) in [5, 5.41) is 19.2. The third-order valence-corrected chi connectivity index (χ3v) is 8.53. The van der Waals surface area contributed by atoms with Crippen molar-refractivity contribution in [2.75, 3.05) is 38.1 Å². The van der Waals surface area contributed by atoms with Gasteiger partial charge in [0.25, 0.3) is 0 Å². The minimum Gasteiger partial charge on any atom is -0.481 e. The highest BCUT2D eigenvalue weighted by atomic mass is 16.5. The number of hydrogen-bond acceptors (Lipinski definition) is 6. The van der Waals surface area contributed by atoms with Gasteiger partial charge in [0.2, 0.25) is 0 Å². The van der Waals surface area contributed by atoms with E-state index in [-0.39, 0.29) is 6.10 Å². The number of piperidine rings is 1. The molecule has 2 N–H and O–H groups in total. The molecule has 3 aliphatic rings. The van der Waals surface area contributed by atoms with Gasteiger partial charge in [-0.2, -0.15) is 5.10 Å². The van der Waals surface area contributed by atoms with Gasteiger partial charge < -0.3 is 20.1 Å². The normalized spacial score (nSPS) is 20.5. The molecule has 2 fully saturated rings. The van der Waals surface area contributed by atoms with Gasteiger partial charge in [-0.3, -0.25) is 9.48 Å². The van der Waals surface area contributed by atoms with E-state index in [2.05, 4.69) is 22.3 Å². The van der Waals surface area contributed by atoms with E-state index in [1.165, 1.54) is 30.5 Å². The van der Waals surface area contributed by atoms with Gasteiger partial charge in [-0.05, 0) is 100 Å². The number of carboxylic acid groups (broad SMARTS) is 1. The number of hydrogen-bond donors (Lipinski definition) is 2. The number of ether oxygens (including phenoxy) is 1. The zero-order valence-electron chi connectivity index (χ0n) is 22.9. The van der Waals surface area contributed by atoms with Gasteiger partial charge in [0.15, 0.2) is 0 Å². The Balaban J connectivity index is 0.987. The number of anilines is 1. The van der Waals surface area contributed by atoms with E-state index in [4.69, 9.17) is 14.8 Å². The Hall–Kier alpha value is -2.97. The zero-order valence-corrected chi connectivity index (χ0v) is 22.9. The van der Waals surface area contributed by atoms with Crippen LogP contribution in [0.5, 0.6) is 0 Å². The van der Waals surface area contributed by atoms with Crippen LogP contribution in [0.25, 0.3) is 10.9 Å². The van der Waals surface area contributed by atoms with Crippen molar-refractivity contribution in [1.82, 2.24) is 19.7 Å². The number of nitrogens with zero attached hydrogens (tertiary/aromatic N) is 4. The molecule has 1 aliphatic carbocycles. The van der Waals surface area contributed by atoms with Crippen molar-refractivity contribution in [3.05, 3.63) is 53.3 Å². The first-order valence-corrected chi connectivity index (χ1v) is 14.9. The minimum absolute atomic E-state index is 0.163. The molecule has 2 aliphatic heterocycles. The Labute approximate surface area is 230 Å². The van der Waals surface area contributed by atoms with E-state index in [0.29, 0.717) is 13.0 Å². The molecule has 0 radical (unpaired) electrons. The second kappa shape index (κ2) is 12.0. The molecule has 0 spiro atoms. The number of aliphatic carboxylic acids is 1. The monoisotopic (exact) mass is 531 g/mol. The molecule has 2 atom stereocenters. The van der Waals surface area contributed by atoms with E-state index in [9.17, 15) is 9.90 Å². The number of nitrogens with one attached hydrogen (secondary N) is 1. The number of aryl methyl sites for hydroxylation is 2. The van der Waals surface area contributed by atoms with Crippen LogP contribution in [-0.4, -0.2) is 69.6 Å². The first-order valence-electron chi connectivity index (χ1n) is 14.9. The van der Waals surface area contributed by atoms with Gasteiger partial charge >= 0.3 is 5.97 Å². The standard InChI is InChI=1S/C31H41N5O3/c37-31(38)27(26-8-1-9-29-28(26)21-36(34-29)19-22-10-11-22)14-18-39-25-7-4-17-35(20-25)16-3-6-24-13-12-23-5-2-15-32-30(23)33-24/h1,8-9,12-13,21-22,25,27H,2-7,10-11,14-20H2,(H,32,33)(H,37,38)/t25-,27+/m1/s1. The zero-order chi connectivity index (χ0) is 26.6. The Morgan fingerprint density at radius 1 is 1.18 bits per heavy atom. The van der Waals surface area contributed by atoms with Gasteiger partial charge in [0, 0.05) is 43.5 Å². The van der Waals surface area contributed by atoms with Crippen LogP contribution in [-0.2, 0) is 28.9 Å². The van der Waals surface area contributed by atoms with Crippen LogP contribution in [0.1, 0.15) is 67.7 Å². The summed E-state index contributed by atoms with van der Waals surface area (Å²) in [7, 11) is 0. The summed E-state index contributed by atoms with van der Waals surface area (Å²) in [6.07, 6.45) is 11.7. The van der Waals surface area contributed by atoms with Gasteiger partial charge in [0.05, 0.1) is 17.5 Å². The predicted molar refractivity (Wildman–Crippen MR) is 152 cm³/mol. The predicted octanol–water partition coefficient (Wildman–Crippen LogP) is 4.87. The number of carboxylic acids is 1. The molecule has 1 aromatic carbocycles. The minimum atomic E-state index is -0.794. The smallest absolute Gasteiger partial charge is 0.311 e. The Bertz CT molecular complexity index is 1290. The van der Waals surface area contributed by atoms with Crippen LogP contribution in [0.2, 0.25) is 0 Å². The maximum atomic E-state index is 12.3. The van der Waals surface area contributed by atoms with Crippen molar-refractivity contribution in [3.63, 3.8) is 0 Å².